The van der Waals surface area contributed by atoms with Crippen molar-refractivity contribution in [2.24, 2.45) is 4.99 Å². The molecule has 4 rings (SSSR count). The van der Waals surface area contributed by atoms with E-state index in [1.54, 1.807) is 17.5 Å². The van der Waals surface area contributed by atoms with Crippen LogP contribution in [0.1, 0.15) is 22.4 Å². The van der Waals surface area contributed by atoms with Crippen molar-refractivity contribution in [1.29, 1.82) is 0 Å². The fourth-order valence-electron chi connectivity index (χ4n) is 3.24. The van der Waals surface area contributed by atoms with Crippen LogP contribution < -0.4 is 10.3 Å². The number of hydrogen-bond acceptors (Lipinski definition) is 6. The van der Waals surface area contributed by atoms with Gasteiger partial charge in [-0.1, -0.05) is 17.7 Å². The lowest BCUT2D eigenvalue weighted by atomic mass is 10.1. The Bertz CT molecular complexity index is 1450. The lowest BCUT2D eigenvalue weighted by Crippen LogP contribution is -2.18. The van der Waals surface area contributed by atoms with E-state index in [1.807, 2.05) is 39.0 Å². The third kappa shape index (κ3) is 4.41. The lowest BCUT2D eigenvalue weighted by Gasteiger charge is -2.06. The molecule has 2 aromatic carbocycles. The summed E-state index contributed by atoms with van der Waals surface area (Å²) < 4.78 is 28.8. The molecule has 2 aromatic heterocycles. The molecule has 0 saturated heterocycles. The van der Waals surface area contributed by atoms with Crippen LogP contribution in [0.4, 0.5) is 10.8 Å². The molecule has 0 aliphatic carbocycles. The molecule has 2 heterocycles. The number of aromatic nitrogens is 3. The fraction of sp³-hybridized carbons (Fsp3) is 0.136. The highest BCUT2D eigenvalue weighted by Crippen LogP contribution is 2.21. The van der Waals surface area contributed by atoms with Crippen LogP contribution in [0.15, 0.2) is 68.7 Å². The van der Waals surface area contributed by atoms with Gasteiger partial charge in [0.05, 0.1) is 21.8 Å². The first kappa shape index (κ1) is 21.7. The molecule has 8 nitrogen and oxygen atoms in total. The van der Waals surface area contributed by atoms with Gasteiger partial charge in [0, 0.05) is 23.5 Å². The molecule has 0 atom stereocenters. The first-order chi connectivity index (χ1) is 15.2. The molecule has 10 heteroatoms. The van der Waals surface area contributed by atoms with Crippen molar-refractivity contribution >= 4 is 38.4 Å². The maximum absolute atomic E-state index is 12.9. The maximum atomic E-state index is 12.9. The Morgan fingerprint density at radius 2 is 1.88 bits per heavy atom. The Balaban J connectivity index is 1.57. The Morgan fingerprint density at radius 3 is 2.53 bits per heavy atom. The van der Waals surface area contributed by atoms with E-state index in [1.165, 1.54) is 40.6 Å². The molecule has 0 fully saturated rings. The number of hydrogen-bond donors (Lipinski definition) is 2. The molecule has 0 unspecified atom stereocenters. The van der Waals surface area contributed by atoms with Gasteiger partial charge in [-0.05, 0) is 56.7 Å². The van der Waals surface area contributed by atoms with Crippen LogP contribution in [0.5, 0.6) is 0 Å². The normalized spacial score (nSPS) is 11.8. The van der Waals surface area contributed by atoms with E-state index in [9.17, 15) is 13.2 Å². The number of anilines is 1. The second-order valence-corrected chi connectivity index (χ2v) is 9.85. The number of sulfonamides is 1. The van der Waals surface area contributed by atoms with Crippen LogP contribution in [-0.2, 0) is 10.0 Å². The van der Waals surface area contributed by atoms with Gasteiger partial charge < -0.3 is 0 Å². The minimum absolute atomic E-state index is 0.0988. The van der Waals surface area contributed by atoms with E-state index >= 15 is 0 Å². The Morgan fingerprint density at radius 1 is 1.12 bits per heavy atom. The molecular formula is C22H21N5O3S2. The average Bonchev–Trinajstić information content (AvgIpc) is 3.34. The number of aromatic amines is 1. The van der Waals surface area contributed by atoms with Crippen LogP contribution in [0.25, 0.3) is 5.69 Å². The second-order valence-electron chi connectivity index (χ2n) is 7.28. The molecule has 2 N–H and O–H groups in total. The largest absolute Gasteiger partial charge is 0.295 e. The Labute approximate surface area is 189 Å². The predicted molar refractivity (Wildman–Crippen MR) is 127 cm³/mol. The Kier molecular flexibility index (Phi) is 5.81. The minimum Gasteiger partial charge on any atom is -0.295 e. The van der Waals surface area contributed by atoms with Crippen LogP contribution in [0.3, 0.4) is 0 Å². The van der Waals surface area contributed by atoms with Crippen molar-refractivity contribution in [2.45, 2.75) is 25.7 Å². The van der Waals surface area contributed by atoms with Crippen LogP contribution >= 0.6 is 11.3 Å². The Hall–Kier alpha value is -3.50. The van der Waals surface area contributed by atoms with Gasteiger partial charge in [-0.2, -0.15) is 0 Å². The topological polar surface area (TPSA) is 109 Å². The van der Waals surface area contributed by atoms with Gasteiger partial charge in [0.2, 0.25) is 0 Å². The molecule has 0 saturated carbocycles. The monoisotopic (exact) mass is 467 g/mol. The third-order valence-corrected chi connectivity index (χ3v) is 7.03. The van der Waals surface area contributed by atoms with Crippen LogP contribution in [-0.4, -0.2) is 29.4 Å². The molecule has 4 aromatic rings. The molecule has 0 radical (unpaired) electrons. The summed E-state index contributed by atoms with van der Waals surface area (Å²) in [5.41, 5.74) is 4.33. The van der Waals surface area contributed by atoms with Gasteiger partial charge in [-0.3, -0.25) is 19.6 Å². The van der Waals surface area contributed by atoms with Gasteiger partial charge in [-0.15, -0.1) is 11.3 Å². The van der Waals surface area contributed by atoms with Crippen LogP contribution in [0, 0.1) is 20.8 Å². The van der Waals surface area contributed by atoms with E-state index in [4.69, 9.17) is 0 Å². The quantitative estimate of drug-likeness (QED) is 0.416. The van der Waals surface area contributed by atoms with E-state index in [-0.39, 0.29) is 10.5 Å². The van der Waals surface area contributed by atoms with E-state index < -0.39 is 10.0 Å². The van der Waals surface area contributed by atoms with E-state index in [2.05, 4.69) is 19.8 Å². The first-order valence-corrected chi connectivity index (χ1v) is 12.1. The number of nitrogens with zero attached hydrogens (tertiary/aromatic N) is 3. The number of nitrogens with one attached hydrogen (secondary N) is 2. The molecule has 0 bridgehead atoms. The number of H-pyrrole nitrogens is 1. The highest BCUT2D eigenvalue weighted by atomic mass is 32.2. The first-order valence-electron chi connectivity index (χ1n) is 9.70. The summed E-state index contributed by atoms with van der Waals surface area (Å²) in [7, 11) is -3.73. The number of thiazole rings is 1. The number of benzene rings is 2. The maximum Gasteiger partial charge on any atom is 0.280 e. The van der Waals surface area contributed by atoms with Crippen molar-refractivity contribution in [3.63, 3.8) is 0 Å². The third-order valence-electron chi connectivity index (χ3n) is 4.85. The molecular weight excluding hydrogens is 446 g/mol. The van der Waals surface area contributed by atoms with E-state index in [0.717, 1.165) is 16.8 Å². The predicted octanol–water partition coefficient (Wildman–Crippen LogP) is 4.10. The average molecular weight is 468 g/mol. The molecule has 0 amide bonds. The molecule has 32 heavy (non-hydrogen) atoms. The summed E-state index contributed by atoms with van der Waals surface area (Å²) in [4.78, 5) is 21.3. The second kappa shape index (κ2) is 8.56. The van der Waals surface area contributed by atoms with Crippen molar-refractivity contribution in [2.75, 3.05) is 4.72 Å². The van der Waals surface area contributed by atoms with Gasteiger partial charge in [0.1, 0.15) is 0 Å². The van der Waals surface area contributed by atoms with Gasteiger partial charge in [0.25, 0.3) is 15.6 Å². The van der Waals surface area contributed by atoms with E-state index in [0.29, 0.717) is 22.1 Å². The highest BCUT2D eigenvalue weighted by Gasteiger charge is 2.15. The zero-order valence-corrected chi connectivity index (χ0v) is 19.3. The van der Waals surface area contributed by atoms with Crippen molar-refractivity contribution in [1.82, 2.24) is 14.8 Å². The fourth-order valence-corrected chi connectivity index (χ4v) is 5.02. The van der Waals surface area contributed by atoms with Gasteiger partial charge in [-0.25, -0.2) is 18.1 Å². The minimum atomic E-state index is -3.73. The highest BCUT2D eigenvalue weighted by molar-refractivity contribution is 7.93. The summed E-state index contributed by atoms with van der Waals surface area (Å²) in [6.07, 6.45) is 3.02. The zero-order chi connectivity index (χ0) is 22.9. The zero-order valence-electron chi connectivity index (χ0n) is 17.7. The van der Waals surface area contributed by atoms with Crippen molar-refractivity contribution < 1.29 is 8.42 Å². The SMILES string of the molecule is Cc1ccc(-n2[nH]c(C)c(C=Nc3ccc(S(=O)(=O)Nc4nccs4)cc3)c2=O)c(C)c1. The summed E-state index contributed by atoms with van der Waals surface area (Å²) in [6.45, 7) is 5.77. The number of rotatable bonds is 6. The van der Waals surface area contributed by atoms with Crippen molar-refractivity contribution in [3.05, 3.63) is 86.8 Å². The number of aryl methyl sites for hydroxylation is 3. The summed E-state index contributed by atoms with van der Waals surface area (Å²) in [6, 6.07) is 12.0. The van der Waals surface area contributed by atoms with Gasteiger partial charge in [0.15, 0.2) is 5.13 Å². The summed E-state index contributed by atoms with van der Waals surface area (Å²) in [5, 5.41) is 5.08. The van der Waals surface area contributed by atoms with Crippen molar-refractivity contribution in [3.8, 4) is 5.69 Å². The lowest BCUT2D eigenvalue weighted by molar-refractivity contribution is 0.601. The summed E-state index contributed by atoms with van der Waals surface area (Å²) in [5.74, 6) is 0. The standard InChI is InChI=1S/C22H21N5O3S2/c1-14-4-9-20(15(2)12-14)27-21(28)19(16(3)25-27)13-24-17-5-7-18(8-6-17)32(29,30)26-22-23-10-11-31-22/h4-13,25H,1-3H3,(H,23,26). The summed E-state index contributed by atoms with van der Waals surface area (Å²) >= 11 is 1.20. The molecule has 164 valence electrons. The number of aliphatic imine (C=N–C) groups is 1. The molecule has 0 spiro atoms. The van der Waals surface area contributed by atoms with Gasteiger partial charge >= 0.3 is 0 Å². The molecule has 0 aliphatic heterocycles. The van der Waals surface area contributed by atoms with Crippen LogP contribution in [0.2, 0.25) is 0 Å². The smallest absolute Gasteiger partial charge is 0.280 e. The molecule has 0 aliphatic rings.